The zero-order chi connectivity index (χ0) is 19.2. The monoisotopic (exact) mass is 367 g/mol. The molecule has 1 fully saturated rings. The Morgan fingerprint density at radius 3 is 2.30 bits per heavy atom. The van der Waals surface area contributed by atoms with Gasteiger partial charge in [0.15, 0.2) is 0 Å². The van der Waals surface area contributed by atoms with Gasteiger partial charge in [0, 0.05) is 37.7 Å². The quantitative estimate of drug-likeness (QED) is 0.808. The van der Waals surface area contributed by atoms with Gasteiger partial charge in [-0.25, -0.2) is 9.97 Å². The van der Waals surface area contributed by atoms with Crippen LogP contribution in [0.4, 0.5) is 11.6 Å². The van der Waals surface area contributed by atoms with Gasteiger partial charge in [0.2, 0.25) is 5.95 Å². The highest BCUT2D eigenvalue weighted by Gasteiger charge is 2.22. The Hall–Kier alpha value is -2.96. The average Bonchev–Trinajstić information content (AvgIpc) is 2.66. The molecule has 0 atom stereocenters. The third-order valence-electron chi connectivity index (χ3n) is 4.69. The number of piperidine rings is 1. The lowest BCUT2D eigenvalue weighted by atomic mass is 9.97. The van der Waals surface area contributed by atoms with E-state index in [9.17, 15) is 9.59 Å². The first-order valence-corrected chi connectivity index (χ1v) is 9.20. The number of nitrogens with one attached hydrogen (secondary N) is 2. The molecule has 2 heterocycles. The fraction of sp³-hybridized carbons (Fsp3) is 0.400. The molecule has 1 aliphatic rings. The van der Waals surface area contributed by atoms with Gasteiger partial charge in [-0.15, -0.1) is 0 Å². The minimum absolute atomic E-state index is 0.350. The van der Waals surface area contributed by atoms with E-state index in [2.05, 4.69) is 25.5 Å². The Kier molecular flexibility index (Phi) is 6.01. The van der Waals surface area contributed by atoms with Crippen molar-refractivity contribution in [1.82, 2.24) is 15.3 Å². The van der Waals surface area contributed by atoms with Gasteiger partial charge in [-0.2, -0.15) is 0 Å². The molecule has 3 rings (SSSR count). The molecular weight excluding hydrogens is 342 g/mol. The topological polar surface area (TPSA) is 87.2 Å². The van der Waals surface area contributed by atoms with Gasteiger partial charge >= 0.3 is 11.8 Å². The largest absolute Gasteiger partial charge is 0.348 e. The van der Waals surface area contributed by atoms with Crippen molar-refractivity contribution in [3.63, 3.8) is 0 Å². The molecule has 0 spiro atoms. The molecule has 1 aromatic carbocycles. The smallest absolute Gasteiger partial charge is 0.313 e. The van der Waals surface area contributed by atoms with Crippen molar-refractivity contribution in [2.75, 3.05) is 29.9 Å². The third kappa shape index (κ3) is 5.26. The summed E-state index contributed by atoms with van der Waals surface area (Å²) in [5.74, 6) is -0.131. The number of aryl methyl sites for hydroxylation is 2. The Morgan fingerprint density at radius 1 is 1.04 bits per heavy atom. The highest BCUT2D eigenvalue weighted by molar-refractivity contribution is 6.39. The maximum Gasteiger partial charge on any atom is 0.313 e. The highest BCUT2D eigenvalue weighted by atomic mass is 16.2. The van der Waals surface area contributed by atoms with Gasteiger partial charge in [0.05, 0.1) is 0 Å². The molecule has 1 aromatic heterocycles. The van der Waals surface area contributed by atoms with E-state index in [0.717, 1.165) is 43.0 Å². The summed E-state index contributed by atoms with van der Waals surface area (Å²) in [5, 5.41) is 5.42. The average molecular weight is 367 g/mol. The van der Waals surface area contributed by atoms with E-state index in [4.69, 9.17) is 0 Å². The van der Waals surface area contributed by atoms with Crippen molar-refractivity contribution in [3.8, 4) is 0 Å². The first-order chi connectivity index (χ1) is 13.0. The minimum atomic E-state index is -0.630. The zero-order valence-corrected chi connectivity index (χ0v) is 15.7. The molecule has 142 valence electrons. The van der Waals surface area contributed by atoms with Crippen LogP contribution in [0.1, 0.15) is 24.0 Å². The summed E-state index contributed by atoms with van der Waals surface area (Å²) in [5.41, 5.74) is 2.73. The lowest BCUT2D eigenvalue weighted by molar-refractivity contribution is -0.136. The van der Waals surface area contributed by atoms with Gasteiger partial charge in [-0.1, -0.05) is 6.07 Å². The fourth-order valence-electron chi connectivity index (χ4n) is 3.34. The van der Waals surface area contributed by atoms with E-state index >= 15 is 0 Å². The van der Waals surface area contributed by atoms with Gasteiger partial charge in [0.25, 0.3) is 0 Å². The Balaban J connectivity index is 1.43. The first-order valence-electron chi connectivity index (χ1n) is 9.20. The van der Waals surface area contributed by atoms with Crippen LogP contribution in [0.15, 0.2) is 36.7 Å². The number of rotatable bonds is 4. The fourth-order valence-corrected chi connectivity index (χ4v) is 3.34. The van der Waals surface area contributed by atoms with Crippen LogP contribution in [0.5, 0.6) is 0 Å². The summed E-state index contributed by atoms with van der Waals surface area (Å²) in [6, 6.07) is 7.51. The maximum atomic E-state index is 12.1. The summed E-state index contributed by atoms with van der Waals surface area (Å²) in [6.45, 7) is 6.10. The van der Waals surface area contributed by atoms with Crippen LogP contribution in [-0.2, 0) is 9.59 Å². The molecule has 27 heavy (non-hydrogen) atoms. The molecule has 0 saturated carbocycles. The molecule has 7 nitrogen and oxygen atoms in total. The standard InChI is InChI=1S/C20H25N5O2/c1-14-10-15(2)12-17(11-14)24-19(27)18(26)23-13-16-4-8-25(9-5-16)20-21-6-3-7-22-20/h3,6-7,10-12,16H,4-5,8-9,13H2,1-2H3,(H,23,26)(H,24,27). The number of aromatic nitrogens is 2. The van der Waals surface area contributed by atoms with Gasteiger partial charge in [0.1, 0.15) is 0 Å². The van der Waals surface area contributed by atoms with Crippen LogP contribution in [0.3, 0.4) is 0 Å². The Morgan fingerprint density at radius 2 is 1.67 bits per heavy atom. The van der Waals surface area contributed by atoms with Gasteiger partial charge in [-0.3, -0.25) is 9.59 Å². The maximum absolute atomic E-state index is 12.1. The van der Waals surface area contributed by atoms with Crippen molar-refractivity contribution in [1.29, 1.82) is 0 Å². The van der Waals surface area contributed by atoms with Crippen LogP contribution in [0, 0.1) is 19.8 Å². The zero-order valence-electron chi connectivity index (χ0n) is 15.7. The molecule has 2 aromatic rings. The summed E-state index contributed by atoms with van der Waals surface area (Å²) < 4.78 is 0. The molecule has 2 N–H and O–H groups in total. The van der Waals surface area contributed by atoms with E-state index < -0.39 is 11.8 Å². The molecule has 1 saturated heterocycles. The molecule has 0 bridgehead atoms. The number of anilines is 2. The lowest BCUT2D eigenvalue weighted by Crippen LogP contribution is -2.42. The predicted octanol–water partition coefficient (Wildman–Crippen LogP) is 2.06. The number of amides is 2. The highest BCUT2D eigenvalue weighted by Crippen LogP contribution is 2.19. The number of carbonyl (C=O) groups excluding carboxylic acids is 2. The second-order valence-corrected chi connectivity index (χ2v) is 7.02. The lowest BCUT2D eigenvalue weighted by Gasteiger charge is -2.31. The van der Waals surface area contributed by atoms with E-state index in [1.165, 1.54) is 0 Å². The van der Waals surface area contributed by atoms with Crippen molar-refractivity contribution in [2.45, 2.75) is 26.7 Å². The van der Waals surface area contributed by atoms with Gasteiger partial charge in [-0.05, 0) is 61.9 Å². The number of nitrogens with zero attached hydrogens (tertiary/aromatic N) is 3. The number of hydrogen-bond donors (Lipinski definition) is 2. The Labute approximate surface area is 159 Å². The van der Waals surface area contributed by atoms with E-state index in [1.807, 2.05) is 32.0 Å². The van der Waals surface area contributed by atoms with E-state index in [-0.39, 0.29) is 0 Å². The van der Waals surface area contributed by atoms with Crippen LogP contribution < -0.4 is 15.5 Å². The van der Waals surface area contributed by atoms with Crippen LogP contribution in [0.2, 0.25) is 0 Å². The molecule has 0 unspecified atom stereocenters. The Bertz CT molecular complexity index is 781. The molecule has 0 radical (unpaired) electrons. The number of hydrogen-bond acceptors (Lipinski definition) is 5. The van der Waals surface area contributed by atoms with Crippen molar-refractivity contribution >= 4 is 23.5 Å². The molecule has 1 aliphatic heterocycles. The van der Waals surface area contributed by atoms with Crippen molar-refractivity contribution in [3.05, 3.63) is 47.8 Å². The third-order valence-corrected chi connectivity index (χ3v) is 4.69. The predicted molar refractivity (Wildman–Crippen MR) is 105 cm³/mol. The number of carbonyl (C=O) groups is 2. The van der Waals surface area contributed by atoms with E-state index in [1.54, 1.807) is 18.5 Å². The molecule has 2 amide bonds. The van der Waals surface area contributed by atoms with Crippen molar-refractivity contribution < 1.29 is 9.59 Å². The molecule has 0 aliphatic carbocycles. The molecular formula is C20H25N5O2. The SMILES string of the molecule is Cc1cc(C)cc(NC(=O)C(=O)NCC2CCN(c3ncccn3)CC2)c1. The second-order valence-electron chi connectivity index (χ2n) is 7.02. The van der Waals surface area contributed by atoms with Crippen molar-refractivity contribution in [2.24, 2.45) is 5.92 Å². The normalized spacial score (nSPS) is 14.7. The van der Waals surface area contributed by atoms with E-state index in [0.29, 0.717) is 18.2 Å². The minimum Gasteiger partial charge on any atom is -0.348 e. The summed E-state index contributed by atoms with van der Waals surface area (Å²) in [7, 11) is 0. The first kappa shape index (κ1) is 18.8. The van der Waals surface area contributed by atoms with Crippen LogP contribution in [-0.4, -0.2) is 41.4 Å². The second kappa shape index (κ2) is 8.62. The molecule has 7 heteroatoms. The van der Waals surface area contributed by atoms with Crippen LogP contribution >= 0.6 is 0 Å². The summed E-state index contributed by atoms with van der Waals surface area (Å²) in [4.78, 5) is 34.9. The number of benzene rings is 1. The van der Waals surface area contributed by atoms with Crippen LogP contribution in [0.25, 0.3) is 0 Å². The summed E-state index contributed by atoms with van der Waals surface area (Å²) in [6.07, 6.45) is 5.33. The summed E-state index contributed by atoms with van der Waals surface area (Å²) >= 11 is 0. The van der Waals surface area contributed by atoms with Gasteiger partial charge < -0.3 is 15.5 Å².